The number of hydrogen-bond donors (Lipinski definition) is 1. The first-order valence-electron chi connectivity index (χ1n) is 11.9. The van der Waals surface area contributed by atoms with E-state index in [1.54, 1.807) is 0 Å². The summed E-state index contributed by atoms with van der Waals surface area (Å²) in [6.07, 6.45) is 10.8. The molecule has 1 saturated carbocycles. The normalized spacial score (nSPS) is 18.8. The number of phenolic OH excluding ortho intramolecular Hbond substituents is 1. The second kappa shape index (κ2) is 8.81. The van der Waals surface area contributed by atoms with Crippen LogP contribution in [-0.4, -0.2) is 13.4 Å². The molecule has 0 atom stereocenters. The smallest absolute Gasteiger partial charge is 0.258 e. The summed E-state index contributed by atoms with van der Waals surface area (Å²) >= 11 is 0. The van der Waals surface area contributed by atoms with Gasteiger partial charge in [0.05, 0.1) is 0 Å². The fraction of sp³-hybridized carbons (Fsp3) is 0.760. The summed E-state index contributed by atoms with van der Waals surface area (Å²) < 4.78 is 7.20. The molecule has 1 aromatic rings. The summed E-state index contributed by atoms with van der Waals surface area (Å²) in [6, 6.07) is 2.35. The Morgan fingerprint density at radius 1 is 0.857 bits per heavy atom. The maximum atomic E-state index is 11.4. The quantitative estimate of drug-likeness (QED) is 0.490. The predicted molar refractivity (Wildman–Crippen MR) is 122 cm³/mol. The van der Waals surface area contributed by atoms with E-state index >= 15 is 0 Å². The topological polar surface area (TPSA) is 29.5 Å². The van der Waals surface area contributed by atoms with Crippen molar-refractivity contribution < 1.29 is 9.53 Å². The number of hydrogen-bond acceptors (Lipinski definition) is 2. The minimum absolute atomic E-state index is 0.467. The molecule has 2 aliphatic carbocycles. The van der Waals surface area contributed by atoms with Gasteiger partial charge in [-0.1, -0.05) is 60.8 Å². The molecule has 1 fully saturated rings. The Labute approximate surface area is 174 Å². The van der Waals surface area contributed by atoms with Gasteiger partial charge >= 0.3 is 0 Å². The fourth-order valence-electron chi connectivity index (χ4n) is 6.29. The summed E-state index contributed by atoms with van der Waals surface area (Å²) in [5, 5.41) is 11.4. The van der Waals surface area contributed by atoms with Gasteiger partial charge in [0.2, 0.25) is 0 Å². The summed E-state index contributed by atoms with van der Waals surface area (Å²) in [5.74, 6) is 2.11. The Bertz CT molecular complexity index is 650. The van der Waals surface area contributed by atoms with Crippen LogP contribution < -0.4 is 4.43 Å². The molecule has 28 heavy (non-hydrogen) atoms. The van der Waals surface area contributed by atoms with Gasteiger partial charge in [0.1, 0.15) is 11.5 Å². The van der Waals surface area contributed by atoms with E-state index in [0.29, 0.717) is 28.3 Å². The van der Waals surface area contributed by atoms with Crippen molar-refractivity contribution in [1.29, 1.82) is 0 Å². The van der Waals surface area contributed by atoms with Gasteiger partial charge in [-0.2, -0.15) is 0 Å². The molecule has 3 heteroatoms. The maximum Gasteiger partial charge on any atom is 0.258 e. The van der Waals surface area contributed by atoms with E-state index < -0.39 is 8.32 Å². The second-order valence-corrected chi connectivity index (χ2v) is 15.6. The Morgan fingerprint density at radius 3 is 2.00 bits per heavy atom. The number of aryl methyl sites for hydroxylation is 1. The van der Waals surface area contributed by atoms with Crippen LogP contribution in [-0.2, 0) is 12.8 Å². The number of rotatable bonds is 6. The van der Waals surface area contributed by atoms with Crippen LogP contribution in [0.15, 0.2) is 6.07 Å². The maximum absolute atomic E-state index is 11.4. The summed E-state index contributed by atoms with van der Waals surface area (Å²) in [6.45, 7) is 14.1. The number of aromatic hydroxyl groups is 1. The summed E-state index contributed by atoms with van der Waals surface area (Å²) in [7, 11) is -2.04. The molecule has 0 aliphatic heterocycles. The SMILES string of the molecule is CC(C)[Si](Oc1cc2c(c(O)c1C1CCCCC1)CCCC2)(C(C)C)C(C)C. The molecule has 1 aromatic carbocycles. The fourth-order valence-corrected chi connectivity index (χ4v) is 11.5. The molecule has 0 spiro atoms. The van der Waals surface area contributed by atoms with E-state index in [1.165, 1.54) is 61.6 Å². The highest BCUT2D eigenvalue weighted by Gasteiger charge is 2.47. The van der Waals surface area contributed by atoms with Crippen molar-refractivity contribution in [2.24, 2.45) is 0 Å². The molecule has 0 bridgehead atoms. The van der Waals surface area contributed by atoms with E-state index in [4.69, 9.17) is 4.43 Å². The third kappa shape index (κ3) is 3.88. The summed E-state index contributed by atoms with van der Waals surface area (Å²) in [5.41, 5.74) is 5.38. The molecule has 3 rings (SSSR count). The Hall–Kier alpha value is -0.963. The first-order chi connectivity index (χ1) is 13.3. The molecule has 0 saturated heterocycles. The molecule has 0 aromatic heterocycles. The lowest BCUT2D eigenvalue weighted by atomic mass is 9.80. The van der Waals surface area contributed by atoms with Gasteiger partial charge in [0.25, 0.3) is 8.32 Å². The van der Waals surface area contributed by atoms with Crippen LogP contribution in [0.3, 0.4) is 0 Å². The van der Waals surface area contributed by atoms with E-state index in [9.17, 15) is 5.11 Å². The minimum Gasteiger partial charge on any atom is -0.542 e. The largest absolute Gasteiger partial charge is 0.542 e. The van der Waals surface area contributed by atoms with Crippen LogP contribution in [0.25, 0.3) is 0 Å². The highest BCUT2D eigenvalue weighted by atomic mass is 28.4. The molecule has 0 heterocycles. The lowest BCUT2D eigenvalue weighted by molar-refractivity contribution is 0.390. The monoisotopic (exact) mass is 402 g/mol. The molecule has 2 aliphatic rings. The molecule has 158 valence electrons. The predicted octanol–water partition coefficient (Wildman–Crippen LogP) is 7.87. The Morgan fingerprint density at radius 2 is 1.43 bits per heavy atom. The van der Waals surface area contributed by atoms with Gasteiger partial charge in [-0.3, -0.25) is 0 Å². The number of fused-ring (bicyclic) bond motifs is 1. The van der Waals surface area contributed by atoms with Crippen molar-refractivity contribution in [3.63, 3.8) is 0 Å². The van der Waals surface area contributed by atoms with E-state index in [0.717, 1.165) is 18.6 Å². The van der Waals surface area contributed by atoms with Crippen molar-refractivity contribution in [2.45, 2.75) is 122 Å². The average molecular weight is 403 g/mol. The van der Waals surface area contributed by atoms with Gasteiger partial charge < -0.3 is 9.53 Å². The van der Waals surface area contributed by atoms with E-state index in [-0.39, 0.29) is 0 Å². The number of benzene rings is 1. The van der Waals surface area contributed by atoms with Crippen molar-refractivity contribution in [2.75, 3.05) is 0 Å². The van der Waals surface area contributed by atoms with Gasteiger partial charge in [-0.05, 0) is 78.3 Å². The Balaban J connectivity index is 2.13. The van der Waals surface area contributed by atoms with Crippen LogP contribution >= 0.6 is 0 Å². The zero-order chi connectivity index (χ0) is 20.5. The molecular weight excluding hydrogens is 360 g/mol. The highest BCUT2D eigenvalue weighted by Crippen LogP contribution is 2.50. The zero-order valence-electron chi connectivity index (χ0n) is 19.1. The van der Waals surface area contributed by atoms with Crippen molar-refractivity contribution in [1.82, 2.24) is 0 Å². The van der Waals surface area contributed by atoms with Crippen LogP contribution in [0.5, 0.6) is 11.5 Å². The van der Waals surface area contributed by atoms with Gasteiger partial charge in [-0.25, -0.2) is 0 Å². The van der Waals surface area contributed by atoms with Crippen LogP contribution in [0.2, 0.25) is 16.6 Å². The molecule has 1 N–H and O–H groups in total. The van der Waals surface area contributed by atoms with Crippen molar-refractivity contribution in [3.05, 3.63) is 22.8 Å². The molecule has 2 nitrogen and oxygen atoms in total. The standard InChI is InChI=1S/C25H42O2Si/c1-17(2)28(18(3)4,19(5)6)27-23-16-21-14-10-11-15-22(21)25(26)24(23)20-12-8-7-9-13-20/h16-20,26H,7-15H2,1-6H3. The van der Waals surface area contributed by atoms with Crippen LogP contribution in [0, 0.1) is 0 Å². The van der Waals surface area contributed by atoms with Crippen molar-refractivity contribution >= 4 is 8.32 Å². The summed E-state index contributed by atoms with van der Waals surface area (Å²) in [4.78, 5) is 0. The van der Waals surface area contributed by atoms with Gasteiger partial charge in [0.15, 0.2) is 0 Å². The van der Waals surface area contributed by atoms with Crippen LogP contribution in [0.1, 0.15) is 109 Å². The molecular formula is C25H42O2Si. The molecule has 0 unspecified atom stereocenters. The second-order valence-electron chi connectivity index (χ2n) is 10.2. The minimum atomic E-state index is -2.04. The average Bonchev–Trinajstić information content (AvgIpc) is 2.66. The van der Waals surface area contributed by atoms with E-state index in [2.05, 4.69) is 47.6 Å². The van der Waals surface area contributed by atoms with E-state index in [1.807, 2.05) is 0 Å². The zero-order valence-corrected chi connectivity index (χ0v) is 20.1. The highest BCUT2D eigenvalue weighted by molar-refractivity contribution is 6.78. The third-order valence-electron chi connectivity index (χ3n) is 7.63. The third-order valence-corrected chi connectivity index (χ3v) is 13.6. The van der Waals surface area contributed by atoms with Crippen molar-refractivity contribution in [3.8, 4) is 11.5 Å². The first kappa shape index (κ1) is 21.7. The Kier molecular flexibility index (Phi) is 6.84. The van der Waals surface area contributed by atoms with Crippen LogP contribution in [0.4, 0.5) is 0 Å². The van der Waals surface area contributed by atoms with Gasteiger partial charge in [-0.15, -0.1) is 0 Å². The lowest BCUT2D eigenvalue weighted by Crippen LogP contribution is -2.51. The molecule has 0 amide bonds. The first-order valence-corrected chi connectivity index (χ1v) is 14.0. The lowest BCUT2D eigenvalue weighted by Gasteiger charge is -2.43. The molecule has 0 radical (unpaired) electrons. The van der Waals surface area contributed by atoms with Gasteiger partial charge in [0, 0.05) is 5.56 Å². The number of phenols is 1.